The number of hydrogen-bond acceptors (Lipinski definition) is 5. The van der Waals surface area contributed by atoms with Gasteiger partial charge in [-0.15, -0.1) is 0 Å². The van der Waals surface area contributed by atoms with Crippen LogP contribution in [0.3, 0.4) is 0 Å². The van der Waals surface area contributed by atoms with Gasteiger partial charge in [0.1, 0.15) is 0 Å². The van der Waals surface area contributed by atoms with Gasteiger partial charge in [-0.1, -0.05) is 11.6 Å². The van der Waals surface area contributed by atoms with E-state index in [1.165, 1.54) is 7.11 Å². The molecule has 136 valence electrons. The summed E-state index contributed by atoms with van der Waals surface area (Å²) in [6.07, 6.45) is -0.0419. The molecule has 1 N–H and O–H groups in total. The van der Waals surface area contributed by atoms with Crippen molar-refractivity contribution in [1.29, 1.82) is 0 Å². The first kappa shape index (κ1) is 18.0. The highest BCUT2D eigenvalue weighted by Gasteiger charge is 2.35. The van der Waals surface area contributed by atoms with Crippen LogP contribution in [-0.4, -0.2) is 56.3 Å². The third kappa shape index (κ3) is 3.61. The Morgan fingerprint density at radius 1 is 1.32 bits per heavy atom. The van der Waals surface area contributed by atoms with Crippen molar-refractivity contribution >= 4 is 28.5 Å². The molecule has 1 aromatic heterocycles. The SMILES string of the molecule is COc1cc(Cl)cc2cc(C(=O)N[C@@H]3CN(C(C)C)C[C@H]3OC)oc12. The Morgan fingerprint density at radius 2 is 2.08 bits per heavy atom. The first-order valence-electron chi connectivity index (χ1n) is 8.27. The Morgan fingerprint density at radius 3 is 2.72 bits per heavy atom. The van der Waals surface area contributed by atoms with Crippen LogP contribution < -0.4 is 10.1 Å². The molecule has 1 aromatic carbocycles. The summed E-state index contributed by atoms with van der Waals surface area (Å²) in [6, 6.07) is 5.40. The highest BCUT2D eigenvalue weighted by molar-refractivity contribution is 6.31. The maximum Gasteiger partial charge on any atom is 0.287 e. The maximum absolute atomic E-state index is 12.6. The molecule has 1 amide bonds. The van der Waals surface area contributed by atoms with Crippen molar-refractivity contribution in [3.05, 3.63) is 29.0 Å². The second-order valence-electron chi connectivity index (χ2n) is 6.54. The summed E-state index contributed by atoms with van der Waals surface area (Å²) in [4.78, 5) is 14.9. The van der Waals surface area contributed by atoms with Crippen molar-refractivity contribution in [1.82, 2.24) is 10.2 Å². The number of fused-ring (bicyclic) bond motifs is 1. The number of carbonyl (C=O) groups excluding carboxylic acids is 1. The number of carbonyl (C=O) groups is 1. The number of hydrogen-bond donors (Lipinski definition) is 1. The summed E-state index contributed by atoms with van der Waals surface area (Å²) >= 11 is 6.07. The van der Waals surface area contributed by atoms with Crippen molar-refractivity contribution in [2.45, 2.75) is 32.0 Å². The van der Waals surface area contributed by atoms with E-state index in [0.29, 0.717) is 22.4 Å². The van der Waals surface area contributed by atoms with E-state index in [0.717, 1.165) is 18.5 Å². The van der Waals surface area contributed by atoms with Gasteiger partial charge in [-0.25, -0.2) is 0 Å². The molecule has 2 aromatic rings. The lowest BCUT2D eigenvalue weighted by Crippen LogP contribution is -2.43. The zero-order valence-electron chi connectivity index (χ0n) is 14.8. The fourth-order valence-electron chi connectivity index (χ4n) is 3.19. The van der Waals surface area contributed by atoms with Crippen LogP contribution in [0.4, 0.5) is 0 Å². The van der Waals surface area contributed by atoms with Crippen LogP contribution in [0.15, 0.2) is 22.6 Å². The standard InChI is InChI=1S/C18H23ClN2O4/c1-10(2)21-8-13(16(9-21)24-4)20-18(22)15-6-11-5-12(19)7-14(23-3)17(11)25-15/h5-7,10,13,16H,8-9H2,1-4H3,(H,20,22)/t13-,16-/m1/s1. The second-order valence-corrected chi connectivity index (χ2v) is 6.98. The van der Waals surface area contributed by atoms with Crippen LogP contribution in [0.5, 0.6) is 5.75 Å². The van der Waals surface area contributed by atoms with Crippen LogP contribution in [0.1, 0.15) is 24.4 Å². The van der Waals surface area contributed by atoms with Gasteiger partial charge in [-0.05, 0) is 26.0 Å². The highest BCUT2D eigenvalue weighted by Crippen LogP contribution is 2.32. The van der Waals surface area contributed by atoms with E-state index in [9.17, 15) is 4.79 Å². The van der Waals surface area contributed by atoms with Gasteiger partial charge in [0.25, 0.3) is 5.91 Å². The fraction of sp³-hybridized carbons (Fsp3) is 0.500. The monoisotopic (exact) mass is 366 g/mol. The molecule has 0 radical (unpaired) electrons. The Bertz CT molecular complexity index is 774. The lowest BCUT2D eigenvalue weighted by molar-refractivity contribution is 0.0738. The fourth-order valence-corrected chi connectivity index (χ4v) is 3.41. The molecule has 1 aliphatic heterocycles. The second kappa shape index (κ2) is 7.23. The van der Waals surface area contributed by atoms with Crippen LogP contribution >= 0.6 is 11.6 Å². The van der Waals surface area contributed by atoms with Gasteiger partial charge in [0.05, 0.1) is 19.3 Å². The molecule has 0 aliphatic carbocycles. The van der Waals surface area contributed by atoms with E-state index in [-0.39, 0.29) is 23.8 Å². The molecule has 0 saturated carbocycles. The van der Waals surface area contributed by atoms with Crippen LogP contribution in [0.2, 0.25) is 5.02 Å². The molecule has 3 rings (SSSR count). The van der Waals surface area contributed by atoms with Gasteiger partial charge in [0.2, 0.25) is 0 Å². The number of nitrogens with zero attached hydrogens (tertiary/aromatic N) is 1. The number of benzene rings is 1. The van der Waals surface area contributed by atoms with Gasteiger partial charge >= 0.3 is 0 Å². The highest BCUT2D eigenvalue weighted by atomic mass is 35.5. The largest absolute Gasteiger partial charge is 0.493 e. The molecule has 1 saturated heterocycles. The summed E-state index contributed by atoms with van der Waals surface area (Å²) in [7, 11) is 3.21. The third-order valence-corrected chi connectivity index (χ3v) is 4.85. The predicted molar refractivity (Wildman–Crippen MR) is 96.5 cm³/mol. The summed E-state index contributed by atoms with van der Waals surface area (Å²) in [5.74, 6) is 0.462. The summed E-state index contributed by atoms with van der Waals surface area (Å²) < 4.78 is 16.5. The molecule has 1 fully saturated rings. The molecular weight excluding hydrogens is 344 g/mol. The van der Waals surface area contributed by atoms with Crippen molar-refractivity contribution in [2.24, 2.45) is 0 Å². The maximum atomic E-state index is 12.6. The van der Waals surface area contributed by atoms with Gasteiger partial charge < -0.3 is 19.2 Å². The Hall–Kier alpha value is -1.76. The van der Waals surface area contributed by atoms with Crippen LogP contribution in [0, 0.1) is 0 Å². The van der Waals surface area contributed by atoms with Crippen LogP contribution in [-0.2, 0) is 4.74 Å². The molecule has 6 nitrogen and oxygen atoms in total. The Kier molecular flexibility index (Phi) is 5.22. The number of furan rings is 1. The lowest BCUT2D eigenvalue weighted by Gasteiger charge is -2.19. The molecule has 1 aliphatic rings. The Labute approximate surface area is 152 Å². The number of ether oxygens (including phenoxy) is 2. The quantitative estimate of drug-likeness (QED) is 0.881. The number of halogens is 1. The number of likely N-dealkylation sites (tertiary alicyclic amines) is 1. The number of methoxy groups -OCH3 is 2. The van der Waals surface area contributed by atoms with Gasteiger partial charge in [-0.3, -0.25) is 9.69 Å². The van der Waals surface area contributed by atoms with Gasteiger partial charge in [0.15, 0.2) is 17.1 Å². The number of amides is 1. The third-order valence-electron chi connectivity index (χ3n) is 4.63. The van der Waals surface area contributed by atoms with E-state index in [1.807, 2.05) is 0 Å². The molecule has 2 heterocycles. The molecule has 0 unspecified atom stereocenters. The summed E-state index contributed by atoms with van der Waals surface area (Å²) in [5, 5.41) is 4.28. The van der Waals surface area contributed by atoms with E-state index >= 15 is 0 Å². The topological polar surface area (TPSA) is 63.9 Å². The smallest absolute Gasteiger partial charge is 0.287 e. The summed E-state index contributed by atoms with van der Waals surface area (Å²) in [5.41, 5.74) is 0.510. The van der Waals surface area contributed by atoms with E-state index in [4.69, 9.17) is 25.5 Å². The van der Waals surface area contributed by atoms with E-state index in [1.54, 1.807) is 25.3 Å². The minimum Gasteiger partial charge on any atom is -0.493 e. The molecule has 0 bridgehead atoms. The molecule has 0 spiro atoms. The number of rotatable bonds is 5. The molecule has 2 atom stereocenters. The Balaban J connectivity index is 1.80. The van der Waals surface area contributed by atoms with Gasteiger partial charge in [-0.2, -0.15) is 0 Å². The van der Waals surface area contributed by atoms with E-state index < -0.39 is 0 Å². The lowest BCUT2D eigenvalue weighted by atomic mass is 10.2. The van der Waals surface area contributed by atoms with Crippen molar-refractivity contribution in [2.75, 3.05) is 27.3 Å². The minimum absolute atomic E-state index is 0.0419. The van der Waals surface area contributed by atoms with E-state index in [2.05, 4.69) is 24.1 Å². The van der Waals surface area contributed by atoms with Gasteiger partial charge in [0, 0.05) is 42.7 Å². The normalized spacial score (nSPS) is 21.2. The van der Waals surface area contributed by atoms with Crippen molar-refractivity contribution in [3.8, 4) is 5.75 Å². The van der Waals surface area contributed by atoms with Crippen LogP contribution in [0.25, 0.3) is 11.0 Å². The zero-order valence-corrected chi connectivity index (χ0v) is 15.6. The first-order valence-corrected chi connectivity index (χ1v) is 8.65. The minimum atomic E-state index is -0.271. The first-order chi connectivity index (χ1) is 11.9. The summed E-state index contributed by atoms with van der Waals surface area (Å²) in [6.45, 7) is 5.80. The molecular formula is C18H23ClN2O4. The predicted octanol–water partition coefficient (Wildman–Crippen LogP) is 2.93. The average Bonchev–Trinajstić information content (AvgIpc) is 3.17. The number of nitrogens with one attached hydrogen (secondary N) is 1. The zero-order chi connectivity index (χ0) is 18.1. The molecule has 25 heavy (non-hydrogen) atoms. The molecule has 7 heteroatoms. The van der Waals surface area contributed by atoms with Crippen molar-refractivity contribution < 1.29 is 18.7 Å². The average molecular weight is 367 g/mol. The van der Waals surface area contributed by atoms with Crippen molar-refractivity contribution in [3.63, 3.8) is 0 Å².